The minimum Gasteiger partial charge on any atom is -0.342 e. The molecular formula is C24H20F2N5O5P. The zero-order valence-electron chi connectivity index (χ0n) is 19.5. The fraction of sp³-hybridized carbons (Fsp3) is 0.250. The SMILES string of the molecule is CC(C)(OP(=O)(O)O)c1ncc(-c2cc3c(cc2F)nc2n3[C@H]3C[C@H]2NC(=O)c2cccc(F)c23)cn1. The van der Waals surface area contributed by atoms with Crippen LogP contribution in [0.4, 0.5) is 8.78 Å². The van der Waals surface area contributed by atoms with Crippen LogP contribution in [0.3, 0.4) is 0 Å². The van der Waals surface area contributed by atoms with E-state index in [0.717, 1.165) is 0 Å². The van der Waals surface area contributed by atoms with E-state index in [1.54, 1.807) is 12.1 Å². The number of halogens is 2. The predicted molar refractivity (Wildman–Crippen MR) is 126 cm³/mol. The van der Waals surface area contributed by atoms with Crippen LogP contribution in [0.2, 0.25) is 0 Å². The van der Waals surface area contributed by atoms with Gasteiger partial charge in [-0.3, -0.25) is 9.32 Å². The Balaban J connectivity index is 1.46. The second kappa shape index (κ2) is 7.96. The number of hydrogen-bond donors (Lipinski definition) is 3. The molecule has 2 bridgehead atoms. The van der Waals surface area contributed by atoms with E-state index >= 15 is 4.39 Å². The number of benzene rings is 2. The Hall–Kier alpha value is -3.57. The molecule has 10 nitrogen and oxygen atoms in total. The molecular weight excluding hydrogens is 507 g/mol. The van der Waals surface area contributed by atoms with E-state index in [1.165, 1.54) is 44.4 Å². The number of fused-ring (bicyclic) bond motifs is 9. The summed E-state index contributed by atoms with van der Waals surface area (Å²) < 4.78 is 48.0. The van der Waals surface area contributed by atoms with Crippen LogP contribution in [0.25, 0.3) is 22.2 Å². The van der Waals surface area contributed by atoms with Gasteiger partial charge in [0.15, 0.2) is 5.82 Å². The van der Waals surface area contributed by atoms with Gasteiger partial charge in [0.25, 0.3) is 5.91 Å². The Labute approximate surface area is 208 Å². The number of nitrogens with zero attached hydrogens (tertiary/aromatic N) is 4. The third-order valence-corrected chi connectivity index (χ3v) is 7.37. The number of carbonyl (C=O) groups excluding carboxylic acids is 1. The van der Waals surface area contributed by atoms with Crippen LogP contribution in [0.15, 0.2) is 42.7 Å². The van der Waals surface area contributed by atoms with Gasteiger partial charge in [0.05, 0.1) is 23.1 Å². The molecule has 2 atom stereocenters. The van der Waals surface area contributed by atoms with Crippen molar-refractivity contribution in [1.29, 1.82) is 0 Å². The zero-order valence-corrected chi connectivity index (χ0v) is 20.4. The van der Waals surface area contributed by atoms with Gasteiger partial charge in [-0.15, -0.1) is 0 Å². The molecule has 190 valence electrons. The summed E-state index contributed by atoms with van der Waals surface area (Å²) in [7, 11) is -4.80. The second-order valence-electron chi connectivity index (χ2n) is 9.53. The van der Waals surface area contributed by atoms with E-state index in [-0.39, 0.29) is 28.4 Å². The molecule has 0 unspecified atom stereocenters. The third-order valence-electron chi connectivity index (χ3n) is 6.67. The summed E-state index contributed by atoms with van der Waals surface area (Å²) in [4.78, 5) is 43.8. The van der Waals surface area contributed by atoms with E-state index in [1.807, 2.05) is 4.57 Å². The number of rotatable bonds is 4. The first-order chi connectivity index (χ1) is 17.4. The van der Waals surface area contributed by atoms with Gasteiger partial charge in [-0.1, -0.05) is 6.07 Å². The van der Waals surface area contributed by atoms with Crippen molar-refractivity contribution in [2.45, 2.75) is 38.0 Å². The van der Waals surface area contributed by atoms with Crippen LogP contribution in [0, 0.1) is 11.6 Å². The Morgan fingerprint density at radius 3 is 2.57 bits per heavy atom. The Morgan fingerprint density at radius 2 is 1.86 bits per heavy atom. The molecule has 37 heavy (non-hydrogen) atoms. The normalized spacial score (nSPS) is 18.9. The van der Waals surface area contributed by atoms with Gasteiger partial charge in [-0.05, 0) is 38.5 Å². The van der Waals surface area contributed by atoms with E-state index in [0.29, 0.717) is 28.8 Å². The standard InChI is InChI=1S/C24H20F2N5O5P/c1-24(2,36-37(33,34)35)23-27-9-11(10-28-23)13-6-18-16(7-15(13)26)29-21-17-8-19(31(18)21)20-12(22(32)30-17)4-3-5-14(20)25/h3-7,9-10,17,19H,8H2,1-2H3,(H,30,32)(H2,33,34,35)/t17-,19+/m1/s1. The first-order valence-electron chi connectivity index (χ1n) is 11.3. The van der Waals surface area contributed by atoms with Gasteiger partial charge in [0.1, 0.15) is 23.1 Å². The summed E-state index contributed by atoms with van der Waals surface area (Å²) in [6.07, 6.45) is 3.07. The molecule has 6 rings (SSSR count). The minimum atomic E-state index is -4.80. The van der Waals surface area contributed by atoms with Crippen LogP contribution >= 0.6 is 7.82 Å². The highest BCUT2D eigenvalue weighted by molar-refractivity contribution is 7.46. The molecule has 0 radical (unpaired) electrons. The summed E-state index contributed by atoms with van der Waals surface area (Å²) in [6.45, 7) is 2.80. The van der Waals surface area contributed by atoms with Crippen LogP contribution in [0.1, 0.15) is 59.9 Å². The second-order valence-corrected chi connectivity index (χ2v) is 10.7. The smallest absolute Gasteiger partial charge is 0.342 e. The van der Waals surface area contributed by atoms with Gasteiger partial charge in [0, 0.05) is 40.7 Å². The maximum atomic E-state index is 15.2. The first kappa shape index (κ1) is 23.8. The summed E-state index contributed by atoms with van der Waals surface area (Å²) in [5.74, 6) is -0.958. The number of phosphoric ester groups is 1. The number of hydrogen-bond acceptors (Lipinski definition) is 6. The number of carbonyl (C=O) groups is 1. The van der Waals surface area contributed by atoms with Crippen molar-refractivity contribution in [3.8, 4) is 11.1 Å². The molecule has 2 aliphatic rings. The van der Waals surface area contributed by atoms with E-state index in [2.05, 4.69) is 20.3 Å². The van der Waals surface area contributed by atoms with E-state index in [4.69, 9.17) is 14.3 Å². The van der Waals surface area contributed by atoms with Gasteiger partial charge >= 0.3 is 7.82 Å². The largest absolute Gasteiger partial charge is 0.470 e. The molecule has 0 fully saturated rings. The molecule has 0 saturated carbocycles. The van der Waals surface area contributed by atoms with Gasteiger partial charge in [-0.2, -0.15) is 0 Å². The lowest BCUT2D eigenvalue weighted by molar-refractivity contribution is 0.0556. The summed E-state index contributed by atoms with van der Waals surface area (Å²) >= 11 is 0. The zero-order chi connectivity index (χ0) is 26.3. The van der Waals surface area contributed by atoms with Gasteiger partial charge in [-0.25, -0.2) is 28.3 Å². The van der Waals surface area contributed by atoms with Crippen molar-refractivity contribution in [2.24, 2.45) is 0 Å². The summed E-state index contributed by atoms with van der Waals surface area (Å²) in [5.41, 5.74) is 0.408. The lowest BCUT2D eigenvalue weighted by atomic mass is 9.98. The highest BCUT2D eigenvalue weighted by Gasteiger charge is 2.42. The summed E-state index contributed by atoms with van der Waals surface area (Å²) in [5, 5.41) is 2.90. The van der Waals surface area contributed by atoms with Crippen molar-refractivity contribution in [1.82, 2.24) is 24.8 Å². The van der Waals surface area contributed by atoms with Gasteiger partial charge in [0.2, 0.25) is 0 Å². The van der Waals surface area contributed by atoms with Crippen LogP contribution in [-0.4, -0.2) is 35.2 Å². The molecule has 4 aromatic rings. The topological polar surface area (TPSA) is 139 Å². The van der Waals surface area contributed by atoms with Crippen molar-refractivity contribution in [3.05, 3.63) is 77.1 Å². The van der Waals surface area contributed by atoms with Crippen molar-refractivity contribution >= 4 is 24.8 Å². The third kappa shape index (κ3) is 3.84. The number of amides is 1. The minimum absolute atomic E-state index is 0.000762. The van der Waals surface area contributed by atoms with Crippen molar-refractivity contribution in [2.75, 3.05) is 0 Å². The number of imidazole rings is 1. The summed E-state index contributed by atoms with van der Waals surface area (Å²) in [6, 6.07) is 6.25. The van der Waals surface area contributed by atoms with E-state index < -0.39 is 37.1 Å². The fourth-order valence-corrected chi connectivity index (χ4v) is 5.84. The van der Waals surface area contributed by atoms with E-state index in [9.17, 15) is 13.8 Å². The molecule has 0 saturated heterocycles. The fourth-order valence-electron chi connectivity index (χ4n) is 5.16. The van der Waals surface area contributed by atoms with Crippen molar-refractivity contribution in [3.63, 3.8) is 0 Å². The number of phosphoric acid groups is 1. The lowest BCUT2D eigenvalue weighted by Gasteiger charge is -2.23. The molecule has 2 aromatic carbocycles. The van der Waals surface area contributed by atoms with Gasteiger partial charge < -0.3 is 19.7 Å². The molecule has 13 heteroatoms. The Morgan fingerprint density at radius 1 is 1.14 bits per heavy atom. The Kier molecular flexibility index (Phi) is 5.12. The highest BCUT2D eigenvalue weighted by atomic mass is 31.2. The molecule has 4 heterocycles. The van der Waals surface area contributed by atoms with Crippen molar-refractivity contribution < 1.29 is 32.5 Å². The quantitative estimate of drug-likeness (QED) is 0.340. The average Bonchev–Trinajstić information content (AvgIpc) is 3.28. The number of nitrogens with one attached hydrogen (secondary N) is 1. The molecule has 2 aliphatic heterocycles. The monoisotopic (exact) mass is 527 g/mol. The maximum Gasteiger partial charge on any atom is 0.470 e. The molecule has 0 spiro atoms. The Bertz CT molecular complexity index is 1650. The lowest BCUT2D eigenvalue weighted by Crippen LogP contribution is -2.28. The van der Waals surface area contributed by atoms with Crippen LogP contribution in [-0.2, 0) is 14.7 Å². The molecule has 1 amide bonds. The maximum absolute atomic E-state index is 15.2. The van der Waals surface area contributed by atoms with Crippen LogP contribution < -0.4 is 5.32 Å². The highest BCUT2D eigenvalue weighted by Crippen LogP contribution is 2.46. The molecule has 0 aliphatic carbocycles. The molecule has 3 N–H and O–H groups in total. The average molecular weight is 527 g/mol. The van der Waals surface area contributed by atoms with Crippen LogP contribution in [0.5, 0.6) is 0 Å². The predicted octanol–water partition coefficient (Wildman–Crippen LogP) is 3.89. The molecule has 2 aromatic heterocycles. The number of aromatic nitrogens is 4. The first-order valence-corrected chi connectivity index (χ1v) is 12.9.